The first-order valence-corrected chi connectivity index (χ1v) is 23.4. The van der Waals surface area contributed by atoms with Gasteiger partial charge in [-0.2, -0.15) is 0 Å². The van der Waals surface area contributed by atoms with Crippen LogP contribution in [0.25, 0.3) is 17.0 Å². The molecule has 0 saturated carbocycles. The van der Waals surface area contributed by atoms with Gasteiger partial charge < -0.3 is 38.6 Å². The molecule has 0 amide bonds. The Kier molecular flexibility index (Phi) is 16.7. The minimum Gasteiger partial charge on any atom is -0.459 e. The number of carbonyl (C=O) groups excluding carboxylic acids is 1. The highest BCUT2D eigenvalue weighted by Crippen LogP contribution is 2.45. The van der Waals surface area contributed by atoms with Crippen molar-refractivity contribution in [2.24, 2.45) is 51.8 Å². The first-order valence-electron chi connectivity index (χ1n) is 23.4. The lowest BCUT2D eigenvalue weighted by Gasteiger charge is -2.50. The molecular formula is C51H80N2O9. The van der Waals surface area contributed by atoms with Crippen molar-refractivity contribution in [3.05, 3.63) is 48.2 Å². The van der Waals surface area contributed by atoms with Gasteiger partial charge >= 0.3 is 5.97 Å². The molecule has 11 heteroatoms. The summed E-state index contributed by atoms with van der Waals surface area (Å²) in [5, 5.41) is 25.1. The van der Waals surface area contributed by atoms with E-state index < -0.39 is 71.9 Å². The van der Waals surface area contributed by atoms with Crippen molar-refractivity contribution >= 4 is 28.7 Å². The average Bonchev–Trinajstić information content (AvgIpc) is 3.21. The van der Waals surface area contributed by atoms with E-state index in [1.54, 1.807) is 14.0 Å². The molecule has 1 aromatic carbocycles. The number of benzene rings is 1. The summed E-state index contributed by atoms with van der Waals surface area (Å²) in [6.07, 6.45) is 3.06. The molecule has 4 heterocycles. The molecule has 1 aromatic heterocycles. The predicted molar refractivity (Wildman–Crippen MR) is 245 cm³/mol. The molecule has 348 valence electrons. The summed E-state index contributed by atoms with van der Waals surface area (Å²) < 4.78 is 41.1. The molecule has 0 bridgehead atoms. The van der Waals surface area contributed by atoms with Crippen molar-refractivity contribution in [1.29, 1.82) is 0 Å². The number of hydrogen-bond acceptors (Lipinski definition) is 11. The maximum Gasteiger partial charge on any atom is 0.311 e. The third-order valence-electron chi connectivity index (χ3n) is 15.2. The number of para-hydroxylation sites is 1. The number of hydrogen-bond donors (Lipinski definition) is 2. The number of rotatable bonds is 9. The fraction of sp³-hybridized carbons (Fsp3) is 0.745. The molecule has 2 N–H and O–H groups in total. The molecule has 3 fully saturated rings. The lowest BCUT2D eigenvalue weighted by molar-refractivity contribution is -0.304. The molecule has 62 heavy (non-hydrogen) atoms. The minimum absolute atomic E-state index is 0.0214. The van der Waals surface area contributed by atoms with Crippen LogP contribution < -0.4 is 0 Å². The number of esters is 1. The Balaban J connectivity index is 1.65. The largest absolute Gasteiger partial charge is 0.459 e. The second kappa shape index (κ2) is 20.6. The molecule has 0 spiro atoms. The van der Waals surface area contributed by atoms with E-state index in [4.69, 9.17) is 33.4 Å². The van der Waals surface area contributed by atoms with Crippen LogP contribution in [0.2, 0.25) is 0 Å². The monoisotopic (exact) mass is 865 g/mol. The fourth-order valence-corrected chi connectivity index (χ4v) is 10.6. The topological polar surface area (TPSA) is 138 Å². The van der Waals surface area contributed by atoms with Gasteiger partial charge in [0.05, 0.1) is 54.2 Å². The van der Waals surface area contributed by atoms with Crippen LogP contribution in [0.4, 0.5) is 0 Å². The predicted octanol–water partition coefficient (Wildman–Crippen LogP) is 9.45. The van der Waals surface area contributed by atoms with Crippen LogP contribution >= 0.6 is 0 Å². The number of aliphatic imine (C=N–C) groups is 1. The lowest BCUT2D eigenvalue weighted by Crippen LogP contribution is -2.59. The zero-order valence-corrected chi connectivity index (χ0v) is 40.5. The molecule has 3 aliphatic heterocycles. The van der Waals surface area contributed by atoms with E-state index in [-0.39, 0.29) is 48.4 Å². The van der Waals surface area contributed by atoms with Crippen molar-refractivity contribution in [3.63, 3.8) is 0 Å². The number of nitrogens with zero attached hydrogens (tertiary/aromatic N) is 2. The Bertz CT molecular complexity index is 1850. The third kappa shape index (κ3) is 11.2. The molecule has 11 nitrogen and oxygen atoms in total. The number of carbonyl (C=O) groups is 1. The van der Waals surface area contributed by atoms with Crippen LogP contribution in [0.1, 0.15) is 128 Å². The maximum atomic E-state index is 14.6. The first kappa shape index (κ1) is 50.2. The van der Waals surface area contributed by atoms with E-state index in [0.717, 1.165) is 22.9 Å². The van der Waals surface area contributed by atoms with E-state index in [1.807, 2.05) is 57.3 Å². The summed E-state index contributed by atoms with van der Waals surface area (Å²) in [4.78, 5) is 24.0. The Morgan fingerprint density at radius 2 is 1.63 bits per heavy atom. The third-order valence-corrected chi connectivity index (χ3v) is 15.2. The summed E-state index contributed by atoms with van der Waals surface area (Å²) in [6, 6.07) is 10.1. The van der Waals surface area contributed by atoms with Crippen molar-refractivity contribution in [2.45, 2.75) is 183 Å². The van der Waals surface area contributed by atoms with Crippen LogP contribution in [0.15, 0.2) is 47.6 Å². The van der Waals surface area contributed by atoms with Crippen LogP contribution in [0.5, 0.6) is 0 Å². The molecule has 0 radical (unpaired) electrons. The van der Waals surface area contributed by atoms with E-state index in [2.05, 4.69) is 86.4 Å². The highest BCUT2D eigenvalue weighted by atomic mass is 16.7. The van der Waals surface area contributed by atoms with Crippen molar-refractivity contribution in [2.75, 3.05) is 13.7 Å². The molecule has 5 rings (SSSR count). The standard InChI is InChI=1S/C51H80N2O9/c1-16-41-51(14,56)45(54)33(6)43(52-15)30(3)26-50(13,57-23-19-20-38-25-39-21-17-18-22-40(39)53-28-38)46(62-48-32(5)29(2)24-31(4)58-48)34(7)44(35(8)47(55)60-41)61-42-27-49(11,12)36(9)37(10)59-42/h17-22,25,28-37,41-42,44-46,48,54,56H,16,23-24,26-27H2,1-15H3/b20-19+,52-43?/t29-,30-,31+,32+,33-,34-,35+,36-,37-,41+,42?,44-,45+,46+,48-,50-,51+/m0/s1. The lowest BCUT2D eigenvalue weighted by atomic mass is 9.72. The average molecular weight is 865 g/mol. The molecule has 3 aliphatic rings. The molecule has 1 unspecified atom stereocenters. The van der Waals surface area contributed by atoms with Gasteiger partial charge in [-0.15, -0.1) is 0 Å². The van der Waals surface area contributed by atoms with Gasteiger partial charge in [0.15, 0.2) is 12.6 Å². The molecule has 0 aliphatic carbocycles. The first-order chi connectivity index (χ1) is 29.0. The number of pyridine rings is 1. The van der Waals surface area contributed by atoms with Crippen molar-refractivity contribution in [3.8, 4) is 0 Å². The number of aliphatic hydroxyl groups is 2. The second-order valence-corrected chi connectivity index (χ2v) is 20.5. The number of fused-ring (bicyclic) bond motifs is 1. The van der Waals surface area contributed by atoms with Gasteiger partial charge in [-0.25, -0.2) is 0 Å². The van der Waals surface area contributed by atoms with Crippen LogP contribution in [0, 0.1) is 46.8 Å². The fourth-order valence-electron chi connectivity index (χ4n) is 10.6. The summed E-state index contributed by atoms with van der Waals surface area (Å²) in [7, 11) is 1.72. The van der Waals surface area contributed by atoms with Gasteiger partial charge in [-0.3, -0.25) is 14.8 Å². The van der Waals surface area contributed by atoms with Gasteiger partial charge in [0.2, 0.25) is 0 Å². The molecular weight excluding hydrogens is 785 g/mol. The van der Waals surface area contributed by atoms with Gasteiger partial charge in [0, 0.05) is 48.5 Å². The van der Waals surface area contributed by atoms with Crippen molar-refractivity contribution in [1.82, 2.24) is 4.98 Å². The van der Waals surface area contributed by atoms with E-state index in [9.17, 15) is 15.0 Å². The zero-order chi connectivity index (χ0) is 45.9. The van der Waals surface area contributed by atoms with Crippen LogP contribution in [0.3, 0.4) is 0 Å². The normalized spacial score (nSPS) is 42.2. The number of ether oxygens (including phenoxy) is 6. The minimum atomic E-state index is -1.79. The Morgan fingerprint density at radius 3 is 2.29 bits per heavy atom. The van der Waals surface area contributed by atoms with Gasteiger partial charge in [0.1, 0.15) is 11.7 Å². The summed E-state index contributed by atoms with van der Waals surface area (Å²) >= 11 is 0. The molecule has 17 atom stereocenters. The van der Waals surface area contributed by atoms with E-state index >= 15 is 0 Å². The molecule has 2 aromatic rings. The molecule has 3 saturated heterocycles. The smallest absolute Gasteiger partial charge is 0.311 e. The van der Waals surface area contributed by atoms with Crippen molar-refractivity contribution < 1.29 is 43.4 Å². The summed E-state index contributed by atoms with van der Waals surface area (Å²) in [6.45, 7) is 28.8. The van der Waals surface area contributed by atoms with Crippen LogP contribution in [-0.2, 0) is 33.2 Å². The van der Waals surface area contributed by atoms with Gasteiger partial charge in [-0.1, -0.05) is 92.7 Å². The van der Waals surface area contributed by atoms with Gasteiger partial charge in [0.25, 0.3) is 0 Å². The van der Waals surface area contributed by atoms with Gasteiger partial charge in [-0.05, 0) is 94.7 Å². The van der Waals surface area contributed by atoms with Crippen LogP contribution in [-0.4, -0.2) is 101 Å². The number of cyclic esters (lactones) is 1. The number of aliphatic hydroxyl groups excluding tert-OH is 1. The Labute approximate surface area is 372 Å². The summed E-state index contributed by atoms with van der Waals surface area (Å²) in [5.74, 6) is -2.01. The van der Waals surface area contributed by atoms with E-state index in [1.165, 1.54) is 0 Å². The number of aromatic nitrogens is 1. The SMILES string of the molecule is CC[C@H]1OC(=O)[C@H](C)[C@@H](OC2CC(C)(C)[C@@H](C)[C@H](C)O2)[C@H](C)[C@@H](O[C@@H]2O[C@H](C)C[C@H](C)[C@H]2C)[C@@](C)(OC/C=C/c2cnc3ccccc3c2)C[C@H](C)C(=NC)[C@H](C)[C@@H](O)[C@]1(C)O. The van der Waals surface area contributed by atoms with E-state index in [0.29, 0.717) is 24.5 Å². The maximum absolute atomic E-state index is 14.6. The highest BCUT2D eigenvalue weighted by Gasteiger charge is 2.53. The Hall–Kier alpha value is -2.77. The second-order valence-electron chi connectivity index (χ2n) is 20.5. The summed E-state index contributed by atoms with van der Waals surface area (Å²) in [5.41, 5.74) is -0.342. The highest BCUT2D eigenvalue weighted by molar-refractivity contribution is 5.89. The zero-order valence-electron chi connectivity index (χ0n) is 40.5. The Morgan fingerprint density at radius 1 is 0.935 bits per heavy atom. The quantitative estimate of drug-likeness (QED) is 0.235.